The Labute approximate surface area is 235 Å². The number of allylic oxidation sites excluding steroid dienone is 1. The first kappa shape index (κ1) is 24.8. The van der Waals surface area contributed by atoms with Crippen LogP contribution in [0.25, 0.3) is 21.4 Å². The highest BCUT2D eigenvalue weighted by Gasteiger charge is 2.33. The van der Waals surface area contributed by atoms with Crippen LogP contribution in [0.4, 0.5) is 22.7 Å². The zero-order chi connectivity index (χ0) is 27.6. The summed E-state index contributed by atoms with van der Waals surface area (Å²) in [5.74, 6) is -0.656. The van der Waals surface area contributed by atoms with Gasteiger partial charge >= 0.3 is 0 Å². The molecule has 40 heavy (non-hydrogen) atoms. The predicted octanol–water partition coefficient (Wildman–Crippen LogP) is 8.77. The molecule has 0 unspecified atom stereocenters. The Kier molecular flexibility index (Phi) is 6.38. The highest BCUT2D eigenvalue weighted by atomic mass is 32.1. The van der Waals surface area contributed by atoms with Crippen molar-refractivity contribution in [2.45, 2.75) is 0 Å². The number of fused-ring (bicyclic) bond motifs is 1. The van der Waals surface area contributed by atoms with Gasteiger partial charge in [0.2, 0.25) is 0 Å². The van der Waals surface area contributed by atoms with Crippen LogP contribution in [0.1, 0.15) is 31.2 Å². The van der Waals surface area contributed by atoms with Gasteiger partial charge in [-0.3, -0.25) is 9.59 Å². The third-order valence-electron chi connectivity index (χ3n) is 6.70. The molecule has 0 amide bonds. The third kappa shape index (κ3) is 4.50. The minimum atomic E-state index is -0.346. The van der Waals surface area contributed by atoms with E-state index in [9.17, 15) is 9.59 Å². The number of nitriles is 1. The second kappa shape index (κ2) is 10.3. The molecular weight excluding hydrogens is 514 g/mol. The summed E-state index contributed by atoms with van der Waals surface area (Å²) in [5.41, 5.74) is 5.64. The van der Waals surface area contributed by atoms with Gasteiger partial charge in [-0.2, -0.15) is 5.26 Å². The van der Waals surface area contributed by atoms with Gasteiger partial charge < -0.3 is 4.90 Å². The van der Waals surface area contributed by atoms with Gasteiger partial charge in [0.1, 0.15) is 0 Å². The van der Waals surface area contributed by atoms with E-state index in [1.807, 2.05) is 84.9 Å². The van der Waals surface area contributed by atoms with E-state index in [0.29, 0.717) is 16.8 Å². The van der Waals surface area contributed by atoms with E-state index in [1.165, 1.54) is 17.4 Å². The molecule has 0 N–H and O–H groups in total. The maximum absolute atomic E-state index is 12.9. The summed E-state index contributed by atoms with van der Waals surface area (Å²) < 4.78 is 0. The predicted molar refractivity (Wildman–Crippen MR) is 158 cm³/mol. The molecule has 1 aliphatic carbocycles. The summed E-state index contributed by atoms with van der Waals surface area (Å²) in [7, 11) is 0. The Bertz CT molecular complexity index is 1890. The standard InChI is InChI=1S/C34H19N3O2S/c1-36-24-10-14-27(15-11-24)37(25-5-3-2-4-6-25)26-12-8-23(9-13-26)32-18-16-28(40-32)20-31-33(38)29-17-7-22(21-35)19-30(29)34(31)39/h2-20H/b31-20-. The van der Waals surface area contributed by atoms with E-state index in [2.05, 4.69) is 21.9 Å². The maximum Gasteiger partial charge on any atom is 0.197 e. The van der Waals surface area contributed by atoms with Crippen molar-refractivity contribution in [3.63, 3.8) is 0 Å². The van der Waals surface area contributed by atoms with E-state index in [1.54, 1.807) is 18.2 Å². The number of carbonyl (C=O) groups excluding carboxylic acids is 2. The summed E-state index contributed by atoms with van der Waals surface area (Å²) in [6.45, 7) is 7.25. The number of Topliss-reactive ketones (excluding diaryl/α,β-unsaturated/α-hetero) is 2. The van der Waals surface area contributed by atoms with Gasteiger partial charge in [-0.15, -0.1) is 11.3 Å². The molecule has 0 saturated carbocycles. The Morgan fingerprint density at radius 3 is 2.08 bits per heavy atom. The number of ketones is 2. The molecule has 5 nitrogen and oxygen atoms in total. The molecule has 6 heteroatoms. The third-order valence-corrected chi connectivity index (χ3v) is 7.78. The first-order valence-corrected chi connectivity index (χ1v) is 13.3. The minimum Gasteiger partial charge on any atom is -0.311 e. The fourth-order valence-corrected chi connectivity index (χ4v) is 5.68. The van der Waals surface area contributed by atoms with Crippen molar-refractivity contribution in [3.05, 3.63) is 148 Å². The molecule has 5 aromatic rings. The minimum absolute atomic E-state index is 0.122. The molecule has 1 heterocycles. The first-order chi connectivity index (χ1) is 19.6. The van der Waals surface area contributed by atoms with Crippen LogP contribution in [-0.2, 0) is 0 Å². The van der Waals surface area contributed by atoms with Crippen molar-refractivity contribution < 1.29 is 9.59 Å². The van der Waals surface area contributed by atoms with E-state index in [4.69, 9.17) is 11.8 Å². The lowest BCUT2D eigenvalue weighted by Crippen LogP contribution is -2.09. The Hall–Kier alpha value is -5.56. The molecular formula is C34H19N3O2S. The van der Waals surface area contributed by atoms with E-state index in [-0.39, 0.29) is 22.7 Å². The van der Waals surface area contributed by atoms with E-state index < -0.39 is 0 Å². The molecule has 0 fully saturated rings. The molecule has 0 saturated heterocycles. The topological polar surface area (TPSA) is 65.5 Å². The number of rotatable bonds is 5. The van der Waals surface area contributed by atoms with Gasteiger partial charge in [0.05, 0.1) is 23.8 Å². The number of thiophene rings is 1. The molecule has 0 aliphatic heterocycles. The average Bonchev–Trinajstić information content (AvgIpc) is 3.57. The van der Waals surface area contributed by atoms with Crippen LogP contribution in [0.2, 0.25) is 0 Å². The molecule has 0 spiro atoms. The lowest BCUT2D eigenvalue weighted by Gasteiger charge is -2.25. The summed E-state index contributed by atoms with van der Waals surface area (Å²) in [4.78, 5) is 33.2. The number of carbonyl (C=O) groups is 2. The zero-order valence-corrected chi connectivity index (χ0v) is 21.9. The molecule has 1 aromatic heterocycles. The zero-order valence-electron chi connectivity index (χ0n) is 21.0. The second-order valence-corrected chi connectivity index (χ2v) is 10.3. The lowest BCUT2D eigenvalue weighted by molar-refractivity contribution is 0.0990. The fourth-order valence-electron chi connectivity index (χ4n) is 4.73. The molecule has 4 aromatic carbocycles. The SMILES string of the molecule is [C-]#[N+]c1ccc(N(c2ccccc2)c2ccc(-c3ccc(/C=C4/C(=O)c5ccc(C#N)cc5C4=O)s3)cc2)cc1. The Morgan fingerprint density at radius 1 is 0.750 bits per heavy atom. The number of para-hydroxylation sites is 1. The normalized spacial score (nSPS) is 13.1. The summed E-state index contributed by atoms with van der Waals surface area (Å²) in [5, 5.41) is 9.14. The summed E-state index contributed by atoms with van der Waals surface area (Å²) in [6, 6.07) is 36.3. The van der Waals surface area contributed by atoms with Gasteiger partial charge in [-0.1, -0.05) is 42.5 Å². The van der Waals surface area contributed by atoms with Crippen molar-refractivity contribution in [2.24, 2.45) is 0 Å². The van der Waals surface area contributed by atoms with Crippen LogP contribution in [-0.4, -0.2) is 11.6 Å². The van der Waals surface area contributed by atoms with Gasteiger partial charge in [0.15, 0.2) is 17.3 Å². The highest BCUT2D eigenvalue weighted by molar-refractivity contribution is 7.16. The smallest absolute Gasteiger partial charge is 0.197 e. The van der Waals surface area contributed by atoms with Crippen LogP contribution in [0, 0.1) is 17.9 Å². The van der Waals surface area contributed by atoms with Crippen LogP contribution >= 0.6 is 11.3 Å². The second-order valence-electron chi connectivity index (χ2n) is 9.14. The van der Waals surface area contributed by atoms with Crippen molar-refractivity contribution in [2.75, 3.05) is 4.90 Å². The number of nitrogens with zero attached hydrogens (tertiary/aromatic N) is 3. The van der Waals surface area contributed by atoms with Crippen molar-refractivity contribution in [1.82, 2.24) is 0 Å². The quantitative estimate of drug-likeness (QED) is 0.129. The largest absolute Gasteiger partial charge is 0.311 e. The average molecular weight is 534 g/mol. The van der Waals surface area contributed by atoms with Gasteiger partial charge in [-0.05, 0) is 78.4 Å². The van der Waals surface area contributed by atoms with Gasteiger partial charge in [0, 0.05) is 37.9 Å². The molecule has 0 bridgehead atoms. The number of hydrogen-bond acceptors (Lipinski definition) is 5. The number of benzene rings is 4. The van der Waals surface area contributed by atoms with Crippen molar-refractivity contribution in [1.29, 1.82) is 5.26 Å². The van der Waals surface area contributed by atoms with E-state index in [0.717, 1.165) is 32.4 Å². The van der Waals surface area contributed by atoms with Crippen molar-refractivity contribution in [3.8, 4) is 16.5 Å². The van der Waals surface area contributed by atoms with Crippen LogP contribution < -0.4 is 4.90 Å². The monoisotopic (exact) mass is 533 g/mol. The lowest BCUT2D eigenvalue weighted by atomic mass is 10.1. The number of hydrogen-bond donors (Lipinski definition) is 0. The summed E-state index contributed by atoms with van der Waals surface area (Å²) in [6.07, 6.45) is 1.64. The molecule has 6 rings (SSSR count). The fraction of sp³-hybridized carbons (Fsp3) is 0. The van der Waals surface area contributed by atoms with Crippen LogP contribution in [0.5, 0.6) is 0 Å². The molecule has 1 aliphatic rings. The molecule has 0 radical (unpaired) electrons. The Balaban J connectivity index is 1.29. The van der Waals surface area contributed by atoms with Crippen LogP contribution in [0.3, 0.4) is 0 Å². The molecule has 0 atom stereocenters. The van der Waals surface area contributed by atoms with Gasteiger partial charge in [0.25, 0.3) is 0 Å². The highest BCUT2D eigenvalue weighted by Crippen LogP contribution is 2.38. The van der Waals surface area contributed by atoms with Gasteiger partial charge in [-0.25, -0.2) is 4.85 Å². The van der Waals surface area contributed by atoms with Crippen LogP contribution in [0.15, 0.2) is 115 Å². The Morgan fingerprint density at radius 2 is 1.40 bits per heavy atom. The first-order valence-electron chi connectivity index (χ1n) is 12.4. The molecule has 188 valence electrons. The van der Waals surface area contributed by atoms with Crippen molar-refractivity contribution >= 4 is 51.7 Å². The number of anilines is 3. The maximum atomic E-state index is 12.9. The summed E-state index contributed by atoms with van der Waals surface area (Å²) >= 11 is 1.50. The van der Waals surface area contributed by atoms with E-state index >= 15 is 0 Å².